The van der Waals surface area contributed by atoms with Crippen molar-refractivity contribution in [1.82, 2.24) is 0 Å². The molecule has 1 nitrogen and oxygen atoms in total. The molecule has 0 aliphatic rings. The number of carbonyl (C=O) groups excluding carboxylic acids is 1. The van der Waals surface area contributed by atoms with Crippen molar-refractivity contribution in [2.45, 2.75) is 112 Å². The average molecular weight is 443 g/mol. The number of rotatable bonds is 12. The molecule has 142 valence electrons. The topological polar surface area (TPSA) is 17.1 Å². The zero-order valence-electron chi connectivity index (χ0n) is 18.0. The van der Waals surface area contributed by atoms with Crippen LogP contribution in [0.25, 0.3) is 0 Å². The van der Waals surface area contributed by atoms with Gasteiger partial charge in [-0.05, 0) is 0 Å². The summed E-state index contributed by atoms with van der Waals surface area (Å²) >= 11 is -2.29. The Balaban J connectivity index is 5.64. The molecule has 0 atom stereocenters. The van der Waals surface area contributed by atoms with Crippen LogP contribution in [0.1, 0.15) is 93.9 Å². The number of carbonyl (C=O) groups is 1. The Kier molecular flexibility index (Phi) is 11.9. The molecule has 0 N–H and O–H groups in total. The minimum absolute atomic E-state index is 0.246. The van der Waals surface area contributed by atoms with E-state index in [0.717, 1.165) is 0 Å². The maximum absolute atomic E-state index is 13.1. The van der Waals surface area contributed by atoms with E-state index in [4.69, 9.17) is 0 Å². The van der Waals surface area contributed by atoms with Gasteiger partial charge in [-0.1, -0.05) is 0 Å². The molecule has 0 aromatic rings. The summed E-state index contributed by atoms with van der Waals surface area (Å²) in [6.07, 6.45) is 8.03. The predicted octanol–water partition coefficient (Wildman–Crippen LogP) is 7.79. The van der Waals surface area contributed by atoms with Crippen molar-refractivity contribution in [1.29, 1.82) is 0 Å². The average Bonchev–Trinajstić information content (AvgIpc) is 2.51. The molecule has 0 aromatic heterocycles. The molecule has 0 spiro atoms. The molecule has 0 saturated heterocycles. The Morgan fingerprint density at radius 1 is 0.792 bits per heavy atom. The molecule has 0 aliphatic heterocycles. The van der Waals surface area contributed by atoms with E-state index in [1.165, 1.54) is 67.4 Å². The van der Waals surface area contributed by atoms with E-state index in [0.29, 0.717) is 5.78 Å². The first-order valence-corrected chi connectivity index (χ1v) is 18.4. The Morgan fingerprint density at radius 3 is 1.42 bits per heavy atom. The third-order valence-corrected chi connectivity index (χ3v) is 20.6. The van der Waals surface area contributed by atoms with Crippen molar-refractivity contribution in [3.8, 4) is 0 Å². The summed E-state index contributed by atoms with van der Waals surface area (Å²) in [5.74, 6) is 0.410. The Hall–Kier alpha value is 0.209. The normalized spacial score (nSPS) is 12.3. The third-order valence-electron chi connectivity index (χ3n) is 5.29. The molecule has 0 saturated carbocycles. The van der Waals surface area contributed by atoms with E-state index in [1.807, 2.05) is 0 Å². The van der Waals surface area contributed by atoms with Gasteiger partial charge in [0.25, 0.3) is 0 Å². The number of ketones is 1. The van der Waals surface area contributed by atoms with Gasteiger partial charge in [-0.25, -0.2) is 0 Å². The molecule has 0 heterocycles. The molecule has 0 bridgehead atoms. The molecule has 0 fully saturated rings. The van der Waals surface area contributed by atoms with Crippen molar-refractivity contribution in [2.75, 3.05) is 0 Å². The van der Waals surface area contributed by atoms with Crippen molar-refractivity contribution in [3.63, 3.8) is 0 Å². The van der Waals surface area contributed by atoms with Gasteiger partial charge in [0.2, 0.25) is 0 Å². The molecular formula is C22H44OSn. The molecule has 0 radical (unpaired) electrons. The monoisotopic (exact) mass is 444 g/mol. The van der Waals surface area contributed by atoms with Crippen LogP contribution in [0.2, 0.25) is 17.7 Å². The van der Waals surface area contributed by atoms with Crippen LogP contribution >= 0.6 is 0 Å². The van der Waals surface area contributed by atoms with Crippen LogP contribution in [0.5, 0.6) is 0 Å². The Labute approximate surface area is 156 Å². The maximum atomic E-state index is 13.1. The Bertz CT molecular complexity index is 375. The molecule has 0 unspecified atom stereocenters. The zero-order valence-corrected chi connectivity index (χ0v) is 20.8. The van der Waals surface area contributed by atoms with Crippen LogP contribution in [0.4, 0.5) is 0 Å². The number of hydrogen-bond donors (Lipinski definition) is 0. The second kappa shape index (κ2) is 11.8. The van der Waals surface area contributed by atoms with E-state index < -0.39 is 18.4 Å². The first kappa shape index (κ1) is 24.2. The summed E-state index contributed by atoms with van der Waals surface area (Å²) in [5, 5.41) is 0. The van der Waals surface area contributed by atoms with Crippen LogP contribution in [0, 0.1) is 5.41 Å². The fourth-order valence-corrected chi connectivity index (χ4v) is 20.3. The van der Waals surface area contributed by atoms with E-state index in [-0.39, 0.29) is 5.41 Å². The van der Waals surface area contributed by atoms with Gasteiger partial charge in [-0.2, -0.15) is 0 Å². The van der Waals surface area contributed by atoms with Crippen LogP contribution in [0.3, 0.4) is 0 Å². The van der Waals surface area contributed by atoms with Crippen LogP contribution in [-0.2, 0) is 4.79 Å². The SMILES string of the molecule is CCC[CH2][Sn]([CH2]CCC)([CH2]CCC)[CH2]C(C(=O)C(C)(C)C)=C(C)C. The van der Waals surface area contributed by atoms with Crippen LogP contribution in [-0.4, -0.2) is 24.2 Å². The molecule has 24 heavy (non-hydrogen) atoms. The second-order valence-corrected chi connectivity index (χ2v) is 22.9. The van der Waals surface area contributed by atoms with Crippen molar-refractivity contribution < 1.29 is 4.79 Å². The third kappa shape index (κ3) is 8.54. The van der Waals surface area contributed by atoms with Gasteiger partial charge < -0.3 is 0 Å². The van der Waals surface area contributed by atoms with Gasteiger partial charge in [0.05, 0.1) is 0 Å². The van der Waals surface area contributed by atoms with E-state index >= 15 is 0 Å². The summed E-state index contributed by atoms with van der Waals surface area (Å²) < 4.78 is 5.66. The summed E-state index contributed by atoms with van der Waals surface area (Å²) in [5.41, 5.74) is 2.24. The Morgan fingerprint density at radius 2 is 1.17 bits per heavy atom. The van der Waals surface area contributed by atoms with Crippen molar-refractivity contribution in [3.05, 3.63) is 11.1 Å². The fourth-order valence-electron chi connectivity index (χ4n) is 3.61. The van der Waals surface area contributed by atoms with Gasteiger partial charge in [0, 0.05) is 0 Å². The van der Waals surface area contributed by atoms with Crippen LogP contribution in [0.15, 0.2) is 11.1 Å². The quantitative estimate of drug-likeness (QED) is 0.222. The number of Topliss-reactive ketones (excluding diaryl/α,β-unsaturated/α-hetero) is 1. The first-order chi connectivity index (χ1) is 11.1. The number of unbranched alkanes of at least 4 members (excludes halogenated alkanes) is 3. The molecular weight excluding hydrogens is 399 g/mol. The fraction of sp³-hybridized carbons (Fsp3) is 0.864. The molecule has 2 heteroatoms. The zero-order chi connectivity index (χ0) is 18.8. The minimum atomic E-state index is -2.29. The molecule has 0 aliphatic carbocycles. The molecule has 0 aromatic carbocycles. The summed E-state index contributed by atoms with van der Waals surface area (Å²) in [6.45, 7) is 17.5. The van der Waals surface area contributed by atoms with Crippen LogP contribution < -0.4 is 0 Å². The van der Waals surface area contributed by atoms with Crippen molar-refractivity contribution in [2.24, 2.45) is 5.41 Å². The standard InChI is InChI=1S/C10H17O.3C4H9.Sn/c1-7(2)8(3)9(11)10(4,5)6;3*1-3-4-2;/h3H2,1-2,4-6H3;3*1,3-4H2,2H3;. The first-order valence-electron chi connectivity index (χ1n) is 10.3. The summed E-state index contributed by atoms with van der Waals surface area (Å²) in [4.78, 5) is 13.1. The molecule has 0 amide bonds. The van der Waals surface area contributed by atoms with Gasteiger partial charge in [0.15, 0.2) is 0 Å². The number of allylic oxidation sites excluding steroid dienone is 2. The molecule has 0 rings (SSSR count). The van der Waals surface area contributed by atoms with Gasteiger partial charge in [0.1, 0.15) is 0 Å². The van der Waals surface area contributed by atoms with E-state index in [9.17, 15) is 4.79 Å². The van der Waals surface area contributed by atoms with Crippen molar-refractivity contribution >= 4 is 24.2 Å². The van der Waals surface area contributed by atoms with Gasteiger partial charge in [-0.15, -0.1) is 0 Å². The number of hydrogen-bond acceptors (Lipinski definition) is 1. The van der Waals surface area contributed by atoms with Gasteiger partial charge in [-0.3, -0.25) is 0 Å². The van der Waals surface area contributed by atoms with E-state index in [2.05, 4.69) is 55.4 Å². The summed E-state index contributed by atoms with van der Waals surface area (Å²) in [6, 6.07) is 0. The summed E-state index contributed by atoms with van der Waals surface area (Å²) in [7, 11) is 0. The van der Waals surface area contributed by atoms with Gasteiger partial charge >= 0.3 is 157 Å². The predicted molar refractivity (Wildman–Crippen MR) is 113 cm³/mol. The van der Waals surface area contributed by atoms with E-state index in [1.54, 1.807) is 0 Å². The second-order valence-electron chi connectivity index (χ2n) is 9.05.